The van der Waals surface area contributed by atoms with Gasteiger partial charge in [-0.05, 0) is 37.5 Å². The first kappa shape index (κ1) is 12.4. The third-order valence-corrected chi connectivity index (χ3v) is 3.86. The Hall–Kier alpha value is -1.02. The van der Waals surface area contributed by atoms with Crippen LogP contribution in [0.5, 0.6) is 0 Å². The van der Waals surface area contributed by atoms with Crippen LogP contribution >= 0.6 is 0 Å². The predicted octanol–water partition coefficient (Wildman–Crippen LogP) is 3.30. The van der Waals surface area contributed by atoms with E-state index in [2.05, 4.69) is 36.1 Å². The van der Waals surface area contributed by atoms with Crippen molar-refractivity contribution >= 4 is 5.69 Å². The molecule has 0 spiro atoms. The van der Waals surface area contributed by atoms with Crippen LogP contribution < -0.4 is 10.6 Å². The molecule has 0 saturated heterocycles. The van der Waals surface area contributed by atoms with Gasteiger partial charge in [0.25, 0.3) is 0 Å². The van der Waals surface area contributed by atoms with Crippen molar-refractivity contribution in [3.05, 3.63) is 29.8 Å². The predicted molar refractivity (Wildman–Crippen MR) is 74.2 cm³/mol. The van der Waals surface area contributed by atoms with Crippen LogP contribution in [-0.4, -0.2) is 12.6 Å². The van der Waals surface area contributed by atoms with E-state index in [0.717, 1.165) is 12.6 Å². The lowest BCUT2D eigenvalue weighted by molar-refractivity contribution is 0.418. The fourth-order valence-corrected chi connectivity index (χ4v) is 2.87. The van der Waals surface area contributed by atoms with Crippen molar-refractivity contribution < 1.29 is 0 Å². The summed E-state index contributed by atoms with van der Waals surface area (Å²) in [4.78, 5) is 2.56. The molecule has 1 aromatic rings. The molecule has 94 valence electrons. The summed E-state index contributed by atoms with van der Waals surface area (Å²) < 4.78 is 0. The molecule has 0 atom stereocenters. The summed E-state index contributed by atoms with van der Waals surface area (Å²) in [6.45, 7) is 3.99. The van der Waals surface area contributed by atoms with Gasteiger partial charge in [-0.15, -0.1) is 0 Å². The quantitative estimate of drug-likeness (QED) is 0.863. The Bertz CT molecular complexity index is 325. The molecule has 2 N–H and O–H groups in total. The van der Waals surface area contributed by atoms with Crippen LogP contribution in [0.25, 0.3) is 0 Å². The molecular formula is C15H24N2. The van der Waals surface area contributed by atoms with E-state index in [1.54, 1.807) is 0 Å². The van der Waals surface area contributed by atoms with Crippen LogP contribution in [0.1, 0.15) is 44.6 Å². The van der Waals surface area contributed by atoms with E-state index in [1.807, 2.05) is 0 Å². The van der Waals surface area contributed by atoms with Crippen molar-refractivity contribution in [2.45, 2.75) is 51.6 Å². The summed E-state index contributed by atoms with van der Waals surface area (Å²) in [5.74, 6) is 0. The number of benzene rings is 1. The minimum atomic E-state index is 0.635. The molecule has 1 aromatic carbocycles. The number of nitrogens with zero attached hydrogens (tertiary/aromatic N) is 1. The zero-order chi connectivity index (χ0) is 12.1. The number of hydrogen-bond donors (Lipinski definition) is 1. The molecule has 0 unspecified atom stereocenters. The Morgan fingerprint density at radius 3 is 2.29 bits per heavy atom. The number of rotatable bonds is 4. The van der Waals surface area contributed by atoms with Crippen LogP contribution in [0.15, 0.2) is 24.3 Å². The smallest absolute Gasteiger partial charge is 0.0368 e. The second-order valence-electron chi connectivity index (χ2n) is 4.95. The average Bonchev–Trinajstić information content (AvgIpc) is 2.42. The van der Waals surface area contributed by atoms with Crippen LogP contribution in [0.2, 0.25) is 0 Å². The molecule has 0 heterocycles. The summed E-state index contributed by atoms with van der Waals surface area (Å²) in [6, 6.07) is 9.50. The molecule has 17 heavy (non-hydrogen) atoms. The van der Waals surface area contributed by atoms with Gasteiger partial charge >= 0.3 is 0 Å². The summed E-state index contributed by atoms with van der Waals surface area (Å²) in [6.07, 6.45) is 6.91. The third kappa shape index (κ3) is 3.01. The summed E-state index contributed by atoms with van der Waals surface area (Å²) >= 11 is 0. The van der Waals surface area contributed by atoms with Gasteiger partial charge in [-0.2, -0.15) is 0 Å². The Kier molecular flexibility index (Phi) is 4.43. The number of hydrogen-bond acceptors (Lipinski definition) is 2. The van der Waals surface area contributed by atoms with Gasteiger partial charge < -0.3 is 10.6 Å². The first-order valence-electron chi connectivity index (χ1n) is 6.90. The lowest BCUT2D eigenvalue weighted by Crippen LogP contribution is -2.36. The molecule has 0 aliphatic heterocycles. The molecule has 0 radical (unpaired) electrons. The van der Waals surface area contributed by atoms with Gasteiger partial charge in [0.1, 0.15) is 0 Å². The first-order chi connectivity index (χ1) is 8.35. The maximum absolute atomic E-state index is 5.64. The van der Waals surface area contributed by atoms with E-state index in [1.165, 1.54) is 43.4 Å². The average molecular weight is 232 g/mol. The van der Waals surface area contributed by atoms with Gasteiger partial charge in [0, 0.05) is 24.8 Å². The Balaban J connectivity index is 2.10. The van der Waals surface area contributed by atoms with Crippen LogP contribution in [0, 0.1) is 0 Å². The molecule has 1 aliphatic rings. The maximum Gasteiger partial charge on any atom is 0.0368 e. The monoisotopic (exact) mass is 232 g/mol. The minimum Gasteiger partial charge on any atom is -0.369 e. The van der Waals surface area contributed by atoms with Gasteiger partial charge in [0.15, 0.2) is 0 Å². The summed E-state index contributed by atoms with van der Waals surface area (Å²) in [5.41, 5.74) is 8.21. The van der Waals surface area contributed by atoms with Gasteiger partial charge in [-0.1, -0.05) is 31.4 Å². The topological polar surface area (TPSA) is 29.3 Å². The van der Waals surface area contributed by atoms with E-state index in [4.69, 9.17) is 5.73 Å². The molecule has 2 nitrogen and oxygen atoms in total. The number of nitrogens with two attached hydrogens (primary N) is 1. The Morgan fingerprint density at radius 1 is 1.12 bits per heavy atom. The zero-order valence-electron chi connectivity index (χ0n) is 10.9. The van der Waals surface area contributed by atoms with Crippen molar-refractivity contribution in [3.8, 4) is 0 Å². The number of anilines is 1. The van der Waals surface area contributed by atoms with E-state index in [9.17, 15) is 0 Å². The van der Waals surface area contributed by atoms with Crippen molar-refractivity contribution in [2.24, 2.45) is 5.73 Å². The molecule has 0 bridgehead atoms. The molecule has 1 fully saturated rings. The molecule has 0 aromatic heterocycles. The fraction of sp³-hybridized carbons (Fsp3) is 0.600. The zero-order valence-corrected chi connectivity index (χ0v) is 10.9. The molecule has 2 heteroatoms. The fourth-order valence-electron chi connectivity index (χ4n) is 2.87. The second-order valence-corrected chi connectivity index (χ2v) is 4.95. The van der Waals surface area contributed by atoms with Crippen molar-refractivity contribution in [3.63, 3.8) is 0 Å². The highest BCUT2D eigenvalue weighted by Crippen LogP contribution is 2.27. The maximum atomic E-state index is 5.64. The normalized spacial score (nSPS) is 17.1. The van der Waals surface area contributed by atoms with Crippen molar-refractivity contribution in [1.82, 2.24) is 0 Å². The summed E-state index contributed by atoms with van der Waals surface area (Å²) in [7, 11) is 0. The van der Waals surface area contributed by atoms with Crippen molar-refractivity contribution in [2.75, 3.05) is 11.4 Å². The molecule has 2 rings (SSSR count). The highest BCUT2D eigenvalue weighted by molar-refractivity contribution is 5.48. The van der Waals surface area contributed by atoms with Crippen LogP contribution in [0.3, 0.4) is 0 Å². The third-order valence-electron chi connectivity index (χ3n) is 3.86. The SMILES string of the molecule is CCN(c1ccc(CN)cc1)C1CCCCC1. The van der Waals surface area contributed by atoms with Crippen LogP contribution in [-0.2, 0) is 6.54 Å². The highest BCUT2D eigenvalue weighted by Gasteiger charge is 2.19. The van der Waals surface area contributed by atoms with E-state index < -0.39 is 0 Å². The Labute approximate surface area is 105 Å². The molecule has 1 aliphatic carbocycles. The summed E-state index contributed by atoms with van der Waals surface area (Å²) in [5, 5.41) is 0. The van der Waals surface area contributed by atoms with E-state index >= 15 is 0 Å². The van der Waals surface area contributed by atoms with E-state index in [0.29, 0.717) is 6.54 Å². The first-order valence-corrected chi connectivity index (χ1v) is 6.90. The molecule has 0 amide bonds. The molecule has 1 saturated carbocycles. The molecular weight excluding hydrogens is 208 g/mol. The lowest BCUT2D eigenvalue weighted by atomic mass is 9.93. The van der Waals surface area contributed by atoms with Gasteiger partial charge in [0.05, 0.1) is 0 Å². The van der Waals surface area contributed by atoms with Gasteiger partial charge in [-0.25, -0.2) is 0 Å². The second kappa shape index (κ2) is 6.06. The standard InChI is InChI=1S/C15H24N2/c1-2-17(14-6-4-3-5-7-14)15-10-8-13(12-16)9-11-15/h8-11,14H,2-7,12,16H2,1H3. The van der Waals surface area contributed by atoms with Crippen LogP contribution in [0.4, 0.5) is 5.69 Å². The van der Waals surface area contributed by atoms with E-state index in [-0.39, 0.29) is 0 Å². The Morgan fingerprint density at radius 2 is 1.76 bits per heavy atom. The minimum absolute atomic E-state index is 0.635. The lowest BCUT2D eigenvalue weighted by Gasteiger charge is -2.35. The highest BCUT2D eigenvalue weighted by atomic mass is 15.2. The van der Waals surface area contributed by atoms with Gasteiger partial charge in [0.2, 0.25) is 0 Å². The largest absolute Gasteiger partial charge is 0.369 e. The van der Waals surface area contributed by atoms with Crippen molar-refractivity contribution in [1.29, 1.82) is 0 Å². The van der Waals surface area contributed by atoms with Gasteiger partial charge in [-0.3, -0.25) is 0 Å².